The highest BCUT2D eigenvalue weighted by molar-refractivity contribution is 7.22. The molecule has 0 saturated carbocycles. The maximum atomic E-state index is 6.69. The average Bonchev–Trinajstić information content (AvgIpc) is 3.19. The first-order chi connectivity index (χ1) is 19.1. The molecular weight excluding hydrogens is 549 g/mol. The summed E-state index contributed by atoms with van der Waals surface area (Å²) in [6.45, 7) is 23.0. The van der Waals surface area contributed by atoms with Crippen LogP contribution in [0.4, 0.5) is 0 Å². The highest BCUT2D eigenvalue weighted by Crippen LogP contribution is 2.38. The third-order valence-corrected chi connectivity index (χ3v) is 23.5. The Kier molecular flexibility index (Phi) is 7.33. The van der Waals surface area contributed by atoms with Crippen LogP contribution < -0.4 is 29.6 Å². The third kappa shape index (κ3) is 5.06. The molecule has 5 rings (SSSR count). The third-order valence-electron chi connectivity index (χ3n) is 9.89. The molecule has 1 aliphatic heterocycles. The van der Waals surface area contributed by atoms with Crippen LogP contribution in [0.1, 0.15) is 41.5 Å². The summed E-state index contributed by atoms with van der Waals surface area (Å²) in [5.74, 6) is 1.95. The lowest BCUT2D eigenvalue weighted by Gasteiger charge is -2.37. The van der Waals surface area contributed by atoms with Crippen molar-refractivity contribution >= 4 is 45.5 Å². The van der Waals surface area contributed by atoms with Crippen LogP contribution in [-0.2, 0) is 0 Å². The van der Waals surface area contributed by atoms with Gasteiger partial charge in [0, 0.05) is 0 Å². The van der Waals surface area contributed by atoms with Crippen LogP contribution in [0, 0.1) is 0 Å². The van der Waals surface area contributed by atoms with Gasteiger partial charge < -0.3 is 8.85 Å². The van der Waals surface area contributed by atoms with E-state index in [1.165, 1.54) is 31.9 Å². The highest BCUT2D eigenvalue weighted by atomic mass is 28.4. The zero-order valence-electron chi connectivity index (χ0n) is 26.6. The molecule has 0 unspecified atom stereocenters. The predicted molar refractivity (Wildman–Crippen MR) is 185 cm³/mol. The minimum atomic E-state index is -2.55. The maximum absolute atomic E-state index is 6.69. The summed E-state index contributed by atoms with van der Waals surface area (Å²) in [6, 6.07) is 36.3. The molecule has 0 atom stereocenters. The summed E-state index contributed by atoms with van der Waals surface area (Å²) in [7, 11) is -6.41. The molecule has 0 aromatic heterocycles. The molecule has 0 spiro atoms. The van der Waals surface area contributed by atoms with Crippen molar-refractivity contribution in [1.29, 1.82) is 0 Å². The lowest BCUT2D eigenvalue weighted by molar-refractivity contribution is 0.492. The number of benzene rings is 4. The fraction of sp³-hybridized carbons (Fsp3) is 0.333. The zero-order chi connectivity index (χ0) is 29.8. The zero-order valence-corrected chi connectivity index (χ0v) is 29.6. The van der Waals surface area contributed by atoms with Gasteiger partial charge in [-0.25, -0.2) is 0 Å². The SMILES string of the molecule is CC(C)(C)[Si](C)(C)Oc1ccc([Si]2(c3ccc(O[Si](C)(C)C(C)(C)C)cc3)c3ccccc3-c3ccccc32)cc1. The lowest BCUT2D eigenvalue weighted by atomic mass is 10.1. The second-order valence-electron chi connectivity index (χ2n) is 14.6. The Balaban J connectivity index is 1.66. The molecule has 0 amide bonds. The summed E-state index contributed by atoms with van der Waals surface area (Å²) < 4.78 is 13.4. The quantitative estimate of drug-likeness (QED) is 0.187. The molecule has 5 heteroatoms. The molecule has 0 N–H and O–H groups in total. The van der Waals surface area contributed by atoms with E-state index in [1.807, 2.05) is 0 Å². The first-order valence-corrected chi connectivity index (χ1v) is 22.7. The van der Waals surface area contributed by atoms with Gasteiger partial charge in [0.05, 0.1) is 0 Å². The number of rotatable bonds is 6. The smallest absolute Gasteiger partial charge is 0.250 e. The molecule has 0 saturated heterocycles. The standard InChI is InChI=1S/C36H46O2Si3/c1-35(2,3)39(7,8)37-27-19-23-29(24-20-27)41(30-25-21-28(22-26-30)38-40(9,10)36(4,5)6)33-17-13-11-15-31(33)32-16-12-14-18-34(32)41/h11-26H,1-10H3. The molecule has 4 aromatic carbocycles. The maximum Gasteiger partial charge on any atom is 0.250 e. The lowest BCUT2D eigenvalue weighted by Crippen LogP contribution is -2.72. The Morgan fingerprint density at radius 3 is 1.10 bits per heavy atom. The summed E-state index contributed by atoms with van der Waals surface area (Å²) in [5.41, 5.74) is 2.72. The highest BCUT2D eigenvalue weighted by Gasteiger charge is 2.49. The van der Waals surface area contributed by atoms with Crippen molar-refractivity contribution in [2.75, 3.05) is 0 Å². The minimum Gasteiger partial charge on any atom is -0.544 e. The van der Waals surface area contributed by atoms with E-state index in [0.29, 0.717) is 0 Å². The second-order valence-corrected chi connectivity index (χ2v) is 27.8. The summed E-state index contributed by atoms with van der Waals surface area (Å²) >= 11 is 0. The van der Waals surface area contributed by atoms with E-state index in [9.17, 15) is 0 Å². The van der Waals surface area contributed by atoms with E-state index >= 15 is 0 Å². The van der Waals surface area contributed by atoms with Gasteiger partial charge >= 0.3 is 0 Å². The average molecular weight is 595 g/mol. The van der Waals surface area contributed by atoms with Crippen molar-refractivity contribution in [3.63, 3.8) is 0 Å². The molecule has 1 aliphatic rings. The monoisotopic (exact) mass is 594 g/mol. The van der Waals surface area contributed by atoms with E-state index in [1.54, 1.807) is 0 Å². The van der Waals surface area contributed by atoms with Crippen molar-refractivity contribution in [2.45, 2.75) is 77.8 Å². The summed E-state index contributed by atoms with van der Waals surface area (Å²) in [6.07, 6.45) is 0. The molecule has 4 aromatic rings. The predicted octanol–water partition coefficient (Wildman–Crippen LogP) is 7.81. The van der Waals surface area contributed by atoms with E-state index in [0.717, 1.165) is 11.5 Å². The molecule has 0 radical (unpaired) electrons. The van der Waals surface area contributed by atoms with E-state index < -0.39 is 24.7 Å². The largest absolute Gasteiger partial charge is 0.544 e. The van der Waals surface area contributed by atoms with Crippen LogP contribution in [0.2, 0.25) is 36.3 Å². The van der Waals surface area contributed by atoms with Gasteiger partial charge in [-0.2, -0.15) is 0 Å². The van der Waals surface area contributed by atoms with Crippen molar-refractivity contribution in [3.05, 3.63) is 97.1 Å². The second kappa shape index (κ2) is 10.1. The van der Waals surface area contributed by atoms with Crippen LogP contribution in [0.15, 0.2) is 97.1 Å². The van der Waals surface area contributed by atoms with Crippen molar-refractivity contribution in [2.24, 2.45) is 0 Å². The van der Waals surface area contributed by atoms with Gasteiger partial charge in [0.25, 0.3) is 0 Å². The molecular formula is C36H46O2Si3. The van der Waals surface area contributed by atoms with Crippen molar-refractivity contribution < 1.29 is 8.85 Å². The molecule has 1 heterocycles. The Hall–Kier alpha value is -2.87. The molecule has 0 bridgehead atoms. The van der Waals surface area contributed by atoms with Crippen LogP contribution >= 0.6 is 0 Å². The van der Waals surface area contributed by atoms with Crippen molar-refractivity contribution in [1.82, 2.24) is 0 Å². The number of fused-ring (bicyclic) bond motifs is 3. The van der Waals surface area contributed by atoms with Crippen LogP contribution in [0.3, 0.4) is 0 Å². The van der Waals surface area contributed by atoms with Gasteiger partial charge in [-0.3, -0.25) is 0 Å². The Morgan fingerprint density at radius 1 is 0.463 bits per heavy atom. The number of hydrogen-bond donors (Lipinski definition) is 0. The molecule has 0 aliphatic carbocycles. The Morgan fingerprint density at radius 2 is 0.780 bits per heavy atom. The fourth-order valence-electron chi connectivity index (χ4n) is 5.47. The topological polar surface area (TPSA) is 18.5 Å². The van der Waals surface area contributed by atoms with Gasteiger partial charge in [0.15, 0.2) is 8.07 Å². The molecule has 214 valence electrons. The van der Waals surface area contributed by atoms with Gasteiger partial charge in [0.1, 0.15) is 11.5 Å². The Bertz CT molecular complexity index is 1420. The first-order valence-electron chi connectivity index (χ1n) is 14.9. The minimum absolute atomic E-state index is 0.152. The van der Waals surface area contributed by atoms with Gasteiger partial charge in [-0.15, -0.1) is 0 Å². The van der Waals surface area contributed by atoms with Crippen LogP contribution in [0.25, 0.3) is 11.1 Å². The van der Waals surface area contributed by atoms with Crippen molar-refractivity contribution in [3.8, 4) is 22.6 Å². The Labute approximate surface area is 251 Å². The van der Waals surface area contributed by atoms with E-state index in [4.69, 9.17) is 8.85 Å². The van der Waals surface area contributed by atoms with Crippen LogP contribution in [0.5, 0.6) is 11.5 Å². The molecule has 41 heavy (non-hydrogen) atoms. The van der Waals surface area contributed by atoms with Gasteiger partial charge in [0.2, 0.25) is 16.6 Å². The van der Waals surface area contributed by atoms with Crippen LogP contribution in [-0.4, -0.2) is 24.7 Å². The fourth-order valence-corrected chi connectivity index (χ4v) is 12.7. The van der Waals surface area contributed by atoms with Gasteiger partial charge in [-0.05, 0) is 92.4 Å². The van der Waals surface area contributed by atoms with E-state index in [-0.39, 0.29) is 10.1 Å². The molecule has 2 nitrogen and oxygen atoms in total. The summed E-state index contributed by atoms with van der Waals surface area (Å²) in [5, 5.41) is 5.99. The number of hydrogen-bond acceptors (Lipinski definition) is 2. The molecule has 0 fully saturated rings. The normalized spacial score (nSPS) is 14.8. The summed E-state index contributed by atoms with van der Waals surface area (Å²) in [4.78, 5) is 0. The first kappa shape index (κ1) is 29.6. The van der Waals surface area contributed by atoms with E-state index in [2.05, 4.69) is 165 Å². The van der Waals surface area contributed by atoms with Gasteiger partial charge in [-0.1, -0.05) is 114 Å².